The van der Waals surface area contributed by atoms with E-state index < -0.39 is 0 Å². The Balaban J connectivity index is 1.50. The van der Waals surface area contributed by atoms with Crippen molar-refractivity contribution in [1.82, 2.24) is 25.0 Å². The summed E-state index contributed by atoms with van der Waals surface area (Å²) in [6, 6.07) is 15.6. The summed E-state index contributed by atoms with van der Waals surface area (Å²) in [6.07, 6.45) is 6.12. The first-order valence-corrected chi connectivity index (χ1v) is 8.65. The number of nitrogens with zero attached hydrogens (tertiary/aromatic N) is 4. The zero-order chi connectivity index (χ0) is 18.4. The van der Waals surface area contributed by atoms with Gasteiger partial charge in [0, 0.05) is 38.6 Å². The topological polar surface area (TPSA) is 63.1 Å². The molecule has 0 unspecified atom stereocenters. The molecule has 1 N–H and O–H groups in total. The van der Waals surface area contributed by atoms with Gasteiger partial charge in [-0.2, -0.15) is 5.10 Å². The van der Waals surface area contributed by atoms with E-state index in [1.165, 1.54) is 0 Å². The van der Waals surface area contributed by atoms with Gasteiger partial charge in [0.25, 0.3) is 0 Å². The lowest BCUT2D eigenvalue weighted by Crippen LogP contribution is -2.39. The summed E-state index contributed by atoms with van der Waals surface area (Å²) in [4.78, 5) is 18.1. The minimum atomic E-state index is -0.108. The van der Waals surface area contributed by atoms with Crippen LogP contribution in [0, 0.1) is 0 Å². The van der Waals surface area contributed by atoms with Gasteiger partial charge in [-0.25, -0.2) is 9.48 Å². The number of hydrogen-bond donors (Lipinski definition) is 1. The third-order valence-corrected chi connectivity index (χ3v) is 4.39. The first kappa shape index (κ1) is 17.7. The van der Waals surface area contributed by atoms with E-state index >= 15 is 0 Å². The summed E-state index contributed by atoms with van der Waals surface area (Å²) in [6.45, 7) is 2.52. The van der Waals surface area contributed by atoms with Crippen LogP contribution in [0.25, 0.3) is 5.69 Å². The number of para-hydroxylation sites is 1. The fourth-order valence-corrected chi connectivity index (χ4v) is 2.66. The number of benzene rings is 1. The lowest BCUT2D eigenvalue weighted by atomic mass is 10.1. The van der Waals surface area contributed by atoms with E-state index in [2.05, 4.69) is 15.4 Å². The van der Waals surface area contributed by atoms with Crippen LogP contribution in [-0.4, -0.2) is 39.3 Å². The molecule has 6 nitrogen and oxygen atoms in total. The SMILES string of the molecule is C[C@@H](c1cccnc1)N(C)C(=O)NCCc1ccn(-c2ccccc2)n1. The van der Waals surface area contributed by atoms with E-state index in [0.717, 1.165) is 16.9 Å². The summed E-state index contributed by atoms with van der Waals surface area (Å²) in [5.74, 6) is 0. The van der Waals surface area contributed by atoms with Gasteiger partial charge in [-0.3, -0.25) is 4.98 Å². The Bertz CT molecular complexity index is 832. The number of carbonyl (C=O) groups is 1. The van der Waals surface area contributed by atoms with Gasteiger partial charge in [0.2, 0.25) is 0 Å². The van der Waals surface area contributed by atoms with Gasteiger partial charge in [0.1, 0.15) is 0 Å². The molecular weight excluding hydrogens is 326 g/mol. The van der Waals surface area contributed by atoms with Crippen molar-refractivity contribution in [3.05, 3.63) is 78.4 Å². The van der Waals surface area contributed by atoms with Gasteiger partial charge in [0.15, 0.2) is 0 Å². The molecule has 3 rings (SSSR count). The maximum Gasteiger partial charge on any atom is 0.317 e. The Morgan fingerprint density at radius 1 is 1.19 bits per heavy atom. The third-order valence-electron chi connectivity index (χ3n) is 4.39. The van der Waals surface area contributed by atoms with Crippen LogP contribution >= 0.6 is 0 Å². The maximum absolute atomic E-state index is 12.3. The third kappa shape index (κ3) is 4.27. The van der Waals surface area contributed by atoms with Crippen LogP contribution in [0.15, 0.2) is 67.1 Å². The lowest BCUT2D eigenvalue weighted by molar-refractivity contribution is 0.194. The Morgan fingerprint density at radius 2 is 2.00 bits per heavy atom. The number of aromatic nitrogens is 3. The van der Waals surface area contributed by atoms with Gasteiger partial charge in [0.05, 0.1) is 17.4 Å². The van der Waals surface area contributed by atoms with Crippen LogP contribution in [0.1, 0.15) is 24.2 Å². The normalized spacial score (nSPS) is 11.8. The molecule has 0 aliphatic rings. The van der Waals surface area contributed by atoms with Crippen molar-refractivity contribution < 1.29 is 4.79 Å². The van der Waals surface area contributed by atoms with Crippen LogP contribution < -0.4 is 5.32 Å². The molecule has 0 aliphatic carbocycles. The summed E-state index contributed by atoms with van der Waals surface area (Å²) in [5.41, 5.74) is 2.97. The van der Waals surface area contributed by atoms with Crippen LogP contribution in [0.3, 0.4) is 0 Å². The van der Waals surface area contributed by atoms with Crippen LogP contribution in [-0.2, 0) is 6.42 Å². The minimum Gasteiger partial charge on any atom is -0.338 e. The Hall–Kier alpha value is -3.15. The lowest BCUT2D eigenvalue weighted by Gasteiger charge is -2.25. The van der Waals surface area contributed by atoms with E-state index in [1.807, 2.05) is 66.3 Å². The van der Waals surface area contributed by atoms with Gasteiger partial charge in [-0.1, -0.05) is 24.3 Å². The van der Waals surface area contributed by atoms with E-state index in [9.17, 15) is 4.79 Å². The second-order valence-electron chi connectivity index (χ2n) is 6.14. The molecular formula is C20H23N5O. The molecule has 3 aromatic rings. The average molecular weight is 349 g/mol. The molecule has 6 heteroatoms. The van der Waals surface area contributed by atoms with Crippen molar-refractivity contribution >= 4 is 6.03 Å². The fraction of sp³-hybridized carbons (Fsp3) is 0.250. The zero-order valence-electron chi connectivity index (χ0n) is 15.0. The molecule has 0 bridgehead atoms. The number of carbonyl (C=O) groups excluding carboxylic acids is 1. The molecule has 0 saturated carbocycles. The van der Waals surface area contributed by atoms with Gasteiger partial charge < -0.3 is 10.2 Å². The van der Waals surface area contributed by atoms with E-state index in [0.29, 0.717) is 13.0 Å². The highest BCUT2D eigenvalue weighted by Gasteiger charge is 2.17. The average Bonchev–Trinajstić information content (AvgIpc) is 3.17. The predicted molar refractivity (Wildman–Crippen MR) is 101 cm³/mol. The molecule has 0 spiro atoms. The summed E-state index contributed by atoms with van der Waals surface area (Å²) in [7, 11) is 1.79. The molecule has 0 radical (unpaired) electrons. The van der Waals surface area contributed by atoms with Gasteiger partial charge in [-0.05, 0) is 36.8 Å². The molecule has 0 saturated heterocycles. The number of hydrogen-bond acceptors (Lipinski definition) is 3. The van der Waals surface area contributed by atoms with Crippen molar-refractivity contribution in [1.29, 1.82) is 0 Å². The number of nitrogens with one attached hydrogen (secondary N) is 1. The Kier molecular flexibility index (Phi) is 5.63. The molecule has 1 atom stereocenters. The van der Waals surface area contributed by atoms with Crippen molar-refractivity contribution in [3.8, 4) is 5.69 Å². The molecule has 2 heterocycles. The second-order valence-corrected chi connectivity index (χ2v) is 6.14. The van der Waals surface area contributed by atoms with Crippen molar-refractivity contribution in [3.63, 3.8) is 0 Å². The number of urea groups is 1. The zero-order valence-corrected chi connectivity index (χ0v) is 15.0. The second kappa shape index (κ2) is 8.29. The monoisotopic (exact) mass is 349 g/mol. The molecule has 2 aromatic heterocycles. The standard InChI is InChI=1S/C20H23N5O/c1-16(17-7-6-12-21-15-17)24(2)20(26)22-13-10-18-11-14-25(23-18)19-8-4-3-5-9-19/h3-9,11-12,14-16H,10,13H2,1-2H3,(H,22,26)/t16-/m0/s1. The van der Waals surface area contributed by atoms with Gasteiger partial charge in [-0.15, -0.1) is 0 Å². The van der Waals surface area contributed by atoms with E-state index in [-0.39, 0.29) is 12.1 Å². The van der Waals surface area contributed by atoms with Crippen LogP contribution in [0.4, 0.5) is 4.79 Å². The number of pyridine rings is 1. The molecule has 0 aliphatic heterocycles. The predicted octanol–water partition coefficient (Wildman–Crippen LogP) is 3.21. The highest BCUT2D eigenvalue weighted by molar-refractivity contribution is 5.74. The van der Waals surface area contributed by atoms with E-state index in [4.69, 9.17) is 0 Å². The maximum atomic E-state index is 12.3. The summed E-state index contributed by atoms with van der Waals surface area (Å²) in [5, 5.41) is 7.50. The quantitative estimate of drug-likeness (QED) is 0.743. The molecule has 26 heavy (non-hydrogen) atoms. The Labute approximate surface area is 153 Å². The fourth-order valence-electron chi connectivity index (χ4n) is 2.66. The summed E-state index contributed by atoms with van der Waals surface area (Å²) >= 11 is 0. The Morgan fingerprint density at radius 3 is 2.73 bits per heavy atom. The summed E-state index contributed by atoms with van der Waals surface area (Å²) < 4.78 is 1.84. The molecule has 134 valence electrons. The number of rotatable bonds is 6. The molecule has 2 amide bonds. The largest absolute Gasteiger partial charge is 0.338 e. The van der Waals surface area contributed by atoms with Crippen LogP contribution in [0.2, 0.25) is 0 Å². The minimum absolute atomic E-state index is 0.0408. The van der Waals surface area contributed by atoms with E-state index in [1.54, 1.807) is 24.3 Å². The van der Waals surface area contributed by atoms with Crippen molar-refractivity contribution in [2.45, 2.75) is 19.4 Å². The highest BCUT2D eigenvalue weighted by Crippen LogP contribution is 2.17. The molecule has 1 aromatic carbocycles. The smallest absolute Gasteiger partial charge is 0.317 e. The van der Waals surface area contributed by atoms with Gasteiger partial charge >= 0.3 is 6.03 Å². The molecule has 0 fully saturated rings. The van der Waals surface area contributed by atoms with Crippen LogP contribution in [0.5, 0.6) is 0 Å². The highest BCUT2D eigenvalue weighted by atomic mass is 16.2. The first-order chi connectivity index (χ1) is 12.6. The first-order valence-electron chi connectivity index (χ1n) is 8.65. The van der Waals surface area contributed by atoms with Crippen molar-refractivity contribution in [2.24, 2.45) is 0 Å². The number of amides is 2. The van der Waals surface area contributed by atoms with Crippen molar-refractivity contribution in [2.75, 3.05) is 13.6 Å².